The molecule has 0 spiro atoms. The van der Waals surface area contributed by atoms with Crippen LogP contribution in [0.2, 0.25) is 0 Å². The molecule has 1 unspecified atom stereocenters. The maximum absolute atomic E-state index is 10.5. The lowest BCUT2D eigenvalue weighted by molar-refractivity contribution is 0.161. The summed E-state index contributed by atoms with van der Waals surface area (Å²) in [6, 6.07) is 4.00. The monoisotopic (exact) mass is 337 g/mol. The molecule has 138 valence electrons. The fourth-order valence-corrected chi connectivity index (χ4v) is 2.89. The van der Waals surface area contributed by atoms with Gasteiger partial charge in [0.1, 0.15) is 5.75 Å². The Hall–Kier alpha value is -1.10. The average molecular weight is 338 g/mol. The first-order valence-corrected chi connectivity index (χ1v) is 9.08. The van der Waals surface area contributed by atoms with Gasteiger partial charge in [-0.25, -0.2) is 0 Å². The number of hydrogen-bond donors (Lipinski definition) is 4. The molecule has 0 heterocycles. The number of hydrogen-bond acceptors (Lipinski definition) is 4. The van der Waals surface area contributed by atoms with Crippen molar-refractivity contribution in [1.82, 2.24) is 5.32 Å². The maximum Gasteiger partial charge on any atom is 0.122 e. The summed E-state index contributed by atoms with van der Waals surface area (Å²) in [5.74, 6) is 0.328. The van der Waals surface area contributed by atoms with Gasteiger partial charge in [0.2, 0.25) is 0 Å². The molecule has 0 radical (unpaired) electrons. The number of phenols is 1. The summed E-state index contributed by atoms with van der Waals surface area (Å²) in [7, 11) is 0. The minimum absolute atomic E-state index is 0.117. The quantitative estimate of drug-likeness (QED) is 0.495. The summed E-state index contributed by atoms with van der Waals surface area (Å²) in [6.07, 6.45) is 3.47. The third-order valence-electron chi connectivity index (χ3n) is 4.25. The van der Waals surface area contributed by atoms with E-state index in [2.05, 4.69) is 26.1 Å². The summed E-state index contributed by atoms with van der Waals surface area (Å²) in [4.78, 5) is 0. The van der Waals surface area contributed by atoms with E-state index in [4.69, 9.17) is 5.11 Å². The van der Waals surface area contributed by atoms with E-state index in [1.807, 2.05) is 19.1 Å². The number of nitrogens with one attached hydrogen (secondary N) is 1. The summed E-state index contributed by atoms with van der Waals surface area (Å²) < 4.78 is 0. The number of phenolic OH excluding ortho intramolecular Hbond substituents is 1. The van der Waals surface area contributed by atoms with Crippen LogP contribution in [-0.4, -0.2) is 41.1 Å². The van der Waals surface area contributed by atoms with Crippen molar-refractivity contribution in [3.63, 3.8) is 0 Å². The molecular weight excluding hydrogens is 302 g/mol. The lowest BCUT2D eigenvalue weighted by Crippen LogP contribution is -2.20. The van der Waals surface area contributed by atoms with Crippen molar-refractivity contribution < 1.29 is 15.3 Å². The number of aromatic hydroxyl groups is 1. The fourth-order valence-electron chi connectivity index (χ4n) is 2.89. The topological polar surface area (TPSA) is 72.7 Å². The minimum atomic E-state index is -0.440. The summed E-state index contributed by atoms with van der Waals surface area (Å²) in [5, 5.41) is 32.9. The van der Waals surface area contributed by atoms with Crippen LogP contribution in [0, 0.1) is 6.92 Å². The Kier molecular flexibility index (Phi) is 8.74. The Morgan fingerprint density at radius 3 is 2.38 bits per heavy atom. The second-order valence-electron chi connectivity index (χ2n) is 7.75. The van der Waals surface area contributed by atoms with Crippen molar-refractivity contribution >= 4 is 0 Å². The Bertz CT molecular complexity index is 494. The van der Waals surface area contributed by atoms with Gasteiger partial charge >= 0.3 is 0 Å². The Morgan fingerprint density at radius 2 is 1.75 bits per heavy atom. The van der Waals surface area contributed by atoms with Gasteiger partial charge in [-0.1, -0.05) is 38.5 Å². The molecule has 0 aliphatic rings. The van der Waals surface area contributed by atoms with Crippen molar-refractivity contribution in [1.29, 1.82) is 0 Å². The van der Waals surface area contributed by atoms with Crippen molar-refractivity contribution in [2.24, 2.45) is 0 Å². The lowest BCUT2D eigenvalue weighted by Gasteiger charge is -2.23. The zero-order valence-corrected chi connectivity index (χ0v) is 15.7. The lowest BCUT2D eigenvalue weighted by atomic mass is 9.83. The smallest absolute Gasteiger partial charge is 0.122 e. The van der Waals surface area contributed by atoms with Crippen molar-refractivity contribution in [3.8, 4) is 5.75 Å². The molecule has 1 aromatic rings. The van der Waals surface area contributed by atoms with Crippen LogP contribution in [0.25, 0.3) is 0 Å². The van der Waals surface area contributed by atoms with Crippen LogP contribution < -0.4 is 5.32 Å². The Labute approximate surface area is 146 Å². The molecule has 1 aromatic carbocycles. The highest BCUT2D eigenvalue weighted by molar-refractivity contribution is 5.47. The molecule has 0 fully saturated rings. The van der Waals surface area contributed by atoms with Crippen LogP contribution in [-0.2, 0) is 11.8 Å². The zero-order chi connectivity index (χ0) is 18.2. The number of aliphatic hydroxyl groups is 2. The third kappa shape index (κ3) is 7.20. The normalized spacial score (nSPS) is 13.2. The molecule has 0 saturated carbocycles. The van der Waals surface area contributed by atoms with E-state index in [0.29, 0.717) is 18.6 Å². The van der Waals surface area contributed by atoms with E-state index in [1.54, 1.807) is 0 Å². The highest BCUT2D eigenvalue weighted by atomic mass is 16.3. The van der Waals surface area contributed by atoms with Gasteiger partial charge in [-0.05, 0) is 62.2 Å². The second-order valence-corrected chi connectivity index (χ2v) is 7.75. The number of aryl methyl sites for hydroxylation is 1. The van der Waals surface area contributed by atoms with Crippen LogP contribution in [0.4, 0.5) is 0 Å². The zero-order valence-electron chi connectivity index (χ0n) is 15.7. The van der Waals surface area contributed by atoms with Gasteiger partial charge in [0.05, 0.1) is 6.10 Å². The molecule has 1 rings (SSSR count). The number of unbranched alkanes of at least 4 members (excludes halogenated alkanes) is 1. The van der Waals surface area contributed by atoms with Crippen LogP contribution >= 0.6 is 0 Å². The number of benzene rings is 1. The van der Waals surface area contributed by atoms with Gasteiger partial charge < -0.3 is 20.6 Å². The van der Waals surface area contributed by atoms with Gasteiger partial charge in [-0.3, -0.25) is 0 Å². The molecule has 4 nitrogen and oxygen atoms in total. The van der Waals surface area contributed by atoms with Gasteiger partial charge in [0.15, 0.2) is 0 Å². The molecule has 4 N–H and O–H groups in total. The Morgan fingerprint density at radius 1 is 1.08 bits per heavy atom. The molecular formula is C20H35NO3. The number of rotatable bonds is 10. The molecule has 0 amide bonds. The van der Waals surface area contributed by atoms with E-state index in [0.717, 1.165) is 49.0 Å². The first-order valence-electron chi connectivity index (χ1n) is 9.08. The van der Waals surface area contributed by atoms with E-state index in [-0.39, 0.29) is 12.0 Å². The highest BCUT2D eigenvalue weighted by Gasteiger charge is 2.21. The van der Waals surface area contributed by atoms with Crippen molar-refractivity contribution in [2.45, 2.75) is 71.3 Å². The molecule has 24 heavy (non-hydrogen) atoms. The molecule has 0 aliphatic heterocycles. The van der Waals surface area contributed by atoms with E-state index in [9.17, 15) is 10.2 Å². The molecule has 4 heteroatoms. The van der Waals surface area contributed by atoms with Gasteiger partial charge in [-0.15, -0.1) is 0 Å². The first kappa shape index (κ1) is 20.9. The van der Waals surface area contributed by atoms with E-state index in [1.165, 1.54) is 0 Å². The predicted molar refractivity (Wildman–Crippen MR) is 99.7 cm³/mol. The van der Waals surface area contributed by atoms with Gasteiger partial charge in [0.25, 0.3) is 0 Å². The fraction of sp³-hybridized carbons (Fsp3) is 0.700. The third-order valence-corrected chi connectivity index (χ3v) is 4.25. The Balaban J connectivity index is 2.49. The van der Waals surface area contributed by atoms with Crippen LogP contribution in [0.5, 0.6) is 5.75 Å². The van der Waals surface area contributed by atoms with Crippen LogP contribution in [0.3, 0.4) is 0 Å². The largest absolute Gasteiger partial charge is 0.507 e. The predicted octanol–water partition coefficient (Wildman–Crippen LogP) is 3.04. The summed E-state index contributed by atoms with van der Waals surface area (Å²) in [5.41, 5.74) is 2.78. The summed E-state index contributed by atoms with van der Waals surface area (Å²) >= 11 is 0. The molecule has 0 bridgehead atoms. The van der Waals surface area contributed by atoms with Gasteiger partial charge in [-0.2, -0.15) is 0 Å². The van der Waals surface area contributed by atoms with Crippen LogP contribution in [0.1, 0.15) is 63.1 Å². The van der Waals surface area contributed by atoms with Crippen LogP contribution in [0.15, 0.2) is 12.1 Å². The van der Waals surface area contributed by atoms with Gasteiger partial charge in [0, 0.05) is 13.0 Å². The minimum Gasteiger partial charge on any atom is -0.507 e. The second kappa shape index (κ2) is 10.0. The first-order chi connectivity index (χ1) is 11.3. The summed E-state index contributed by atoms with van der Waals surface area (Å²) in [6.45, 7) is 10.3. The molecule has 0 saturated heterocycles. The van der Waals surface area contributed by atoms with E-state index < -0.39 is 6.10 Å². The SMILES string of the molecule is Cc1cc(CC(O)CCCNCCCCO)c(O)c(C(C)(C)C)c1. The van der Waals surface area contributed by atoms with E-state index >= 15 is 0 Å². The molecule has 1 atom stereocenters. The standard InChI is InChI=1S/C20H35NO3/c1-15-12-16(19(24)18(13-15)20(2,3)4)14-17(23)8-7-10-21-9-5-6-11-22/h12-13,17,21-24H,5-11,14H2,1-4H3. The van der Waals surface area contributed by atoms with Crippen molar-refractivity contribution in [2.75, 3.05) is 19.7 Å². The maximum atomic E-state index is 10.5. The molecule has 0 aliphatic carbocycles. The van der Waals surface area contributed by atoms with Crippen molar-refractivity contribution in [3.05, 3.63) is 28.8 Å². The average Bonchev–Trinajstić information content (AvgIpc) is 2.48. The molecule has 0 aromatic heterocycles. The number of aliphatic hydroxyl groups excluding tert-OH is 2. The highest BCUT2D eigenvalue weighted by Crippen LogP contribution is 2.35.